The number of carbonyl (C=O) groups excluding carboxylic acids is 2. The standard InChI is InChI=1S/C30H28ClN5O2/c1-20-7-11-23(12-8-20)36-27(14-9-21-5-3-2-4-6-21)28(29(36)37)35-30(38)34-18-17-33-25-15-16-32-26-19-22(31)10-13-24(25)26/h2-16,19,27-28H,17-18H2,1H3,(H,32,33)(H2,34,35,38)/b14-9+/t27-,28+/m0/s1. The Hall–Kier alpha value is -4.36. The number of benzene rings is 3. The van der Waals surface area contributed by atoms with Gasteiger partial charge in [0, 0.05) is 41.1 Å². The van der Waals surface area contributed by atoms with Crippen LogP contribution in [0.4, 0.5) is 16.2 Å². The van der Waals surface area contributed by atoms with Crippen LogP contribution >= 0.6 is 11.6 Å². The molecule has 0 spiro atoms. The van der Waals surface area contributed by atoms with E-state index in [4.69, 9.17) is 11.6 Å². The van der Waals surface area contributed by atoms with Gasteiger partial charge in [-0.1, -0.05) is 71.8 Å². The second-order valence-electron chi connectivity index (χ2n) is 9.13. The van der Waals surface area contributed by atoms with Gasteiger partial charge >= 0.3 is 6.03 Å². The monoisotopic (exact) mass is 525 g/mol. The molecule has 1 aromatic heterocycles. The van der Waals surface area contributed by atoms with E-state index in [0.29, 0.717) is 18.1 Å². The number of aromatic nitrogens is 1. The second kappa shape index (κ2) is 11.4. The summed E-state index contributed by atoms with van der Waals surface area (Å²) in [4.78, 5) is 31.8. The number of amides is 3. The van der Waals surface area contributed by atoms with E-state index in [1.807, 2.05) is 97.9 Å². The van der Waals surface area contributed by atoms with Crippen molar-refractivity contribution < 1.29 is 9.59 Å². The summed E-state index contributed by atoms with van der Waals surface area (Å²) in [7, 11) is 0. The van der Waals surface area contributed by atoms with E-state index in [9.17, 15) is 9.59 Å². The molecule has 38 heavy (non-hydrogen) atoms. The summed E-state index contributed by atoms with van der Waals surface area (Å²) in [6, 6.07) is 23.8. The highest BCUT2D eigenvalue weighted by molar-refractivity contribution is 6.31. The number of hydrogen-bond acceptors (Lipinski definition) is 4. The van der Waals surface area contributed by atoms with Crippen LogP contribution in [0.1, 0.15) is 11.1 Å². The average molecular weight is 526 g/mol. The van der Waals surface area contributed by atoms with E-state index >= 15 is 0 Å². The number of carbonyl (C=O) groups is 2. The van der Waals surface area contributed by atoms with E-state index in [0.717, 1.165) is 33.4 Å². The van der Waals surface area contributed by atoms with Crippen molar-refractivity contribution in [1.29, 1.82) is 0 Å². The number of fused-ring (bicyclic) bond motifs is 1. The van der Waals surface area contributed by atoms with E-state index in [-0.39, 0.29) is 11.9 Å². The van der Waals surface area contributed by atoms with Crippen LogP contribution in [0.15, 0.2) is 91.1 Å². The molecule has 8 heteroatoms. The van der Waals surface area contributed by atoms with Crippen LogP contribution in [0.3, 0.4) is 0 Å². The fraction of sp³-hybridized carbons (Fsp3) is 0.167. The quantitative estimate of drug-likeness (QED) is 0.212. The smallest absolute Gasteiger partial charge is 0.315 e. The first-order chi connectivity index (χ1) is 18.5. The summed E-state index contributed by atoms with van der Waals surface area (Å²) in [5, 5.41) is 10.6. The normalized spacial score (nSPS) is 16.9. The molecule has 3 amide bonds. The minimum absolute atomic E-state index is 0.147. The Labute approximate surface area is 226 Å². The minimum Gasteiger partial charge on any atom is -0.383 e. The predicted octanol–water partition coefficient (Wildman–Crippen LogP) is 5.41. The molecule has 1 fully saturated rings. The van der Waals surface area contributed by atoms with Crippen LogP contribution in [-0.4, -0.2) is 42.1 Å². The molecule has 1 saturated heterocycles. The fourth-order valence-electron chi connectivity index (χ4n) is 4.47. The van der Waals surface area contributed by atoms with Crippen molar-refractivity contribution in [2.75, 3.05) is 23.3 Å². The Morgan fingerprint density at radius 1 is 1.03 bits per heavy atom. The van der Waals surface area contributed by atoms with E-state index in [1.54, 1.807) is 11.1 Å². The molecule has 2 atom stereocenters. The van der Waals surface area contributed by atoms with Crippen molar-refractivity contribution in [1.82, 2.24) is 15.6 Å². The molecule has 3 aromatic carbocycles. The van der Waals surface area contributed by atoms with Gasteiger partial charge in [-0.15, -0.1) is 0 Å². The Morgan fingerprint density at radius 3 is 2.61 bits per heavy atom. The summed E-state index contributed by atoms with van der Waals surface area (Å²) < 4.78 is 0. The van der Waals surface area contributed by atoms with Gasteiger partial charge in [-0.3, -0.25) is 9.78 Å². The number of nitrogens with zero attached hydrogens (tertiary/aromatic N) is 2. The maximum absolute atomic E-state index is 13.1. The van der Waals surface area contributed by atoms with Gasteiger partial charge in [-0.05, 0) is 48.9 Å². The molecule has 3 N–H and O–H groups in total. The van der Waals surface area contributed by atoms with Crippen molar-refractivity contribution in [2.45, 2.75) is 19.0 Å². The molecule has 5 rings (SSSR count). The largest absolute Gasteiger partial charge is 0.383 e. The van der Waals surface area contributed by atoms with Crippen LogP contribution in [0.25, 0.3) is 17.0 Å². The van der Waals surface area contributed by atoms with Gasteiger partial charge < -0.3 is 20.9 Å². The molecule has 1 aliphatic heterocycles. The molecule has 0 unspecified atom stereocenters. The molecular weight excluding hydrogens is 498 g/mol. The van der Waals surface area contributed by atoms with Gasteiger partial charge in [-0.25, -0.2) is 4.79 Å². The maximum Gasteiger partial charge on any atom is 0.315 e. The summed E-state index contributed by atoms with van der Waals surface area (Å²) in [5.41, 5.74) is 4.64. The highest BCUT2D eigenvalue weighted by Gasteiger charge is 2.47. The summed E-state index contributed by atoms with van der Waals surface area (Å²) in [6.07, 6.45) is 5.65. The topological polar surface area (TPSA) is 86.4 Å². The third-order valence-electron chi connectivity index (χ3n) is 6.46. The molecule has 0 radical (unpaired) electrons. The van der Waals surface area contributed by atoms with Gasteiger partial charge in [-0.2, -0.15) is 0 Å². The zero-order valence-corrected chi connectivity index (χ0v) is 21.7. The maximum atomic E-state index is 13.1. The minimum atomic E-state index is -0.655. The number of anilines is 2. The molecule has 4 aromatic rings. The van der Waals surface area contributed by atoms with Gasteiger partial charge in [0.15, 0.2) is 0 Å². The fourth-order valence-corrected chi connectivity index (χ4v) is 4.64. The molecule has 0 bridgehead atoms. The number of nitrogens with one attached hydrogen (secondary N) is 3. The number of aryl methyl sites for hydroxylation is 1. The zero-order chi connectivity index (χ0) is 26.5. The van der Waals surface area contributed by atoms with Crippen molar-refractivity contribution in [2.24, 2.45) is 0 Å². The van der Waals surface area contributed by atoms with Crippen molar-refractivity contribution in [3.63, 3.8) is 0 Å². The lowest BCUT2D eigenvalue weighted by Gasteiger charge is -2.45. The van der Waals surface area contributed by atoms with Crippen LogP contribution in [0.2, 0.25) is 5.02 Å². The molecule has 2 heterocycles. The number of β-lactam (4-membered cyclic amide) rings is 1. The third-order valence-corrected chi connectivity index (χ3v) is 6.69. The van der Waals surface area contributed by atoms with Gasteiger partial charge in [0.1, 0.15) is 6.04 Å². The van der Waals surface area contributed by atoms with Crippen molar-refractivity contribution in [3.8, 4) is 0 Å². The van der Waals surface area contributed by atoms with Crippen LogP contribution in [0.5, 0.6) is 0 Å². The van der Waals surface area contributed by atoms with Gasteiger partial charge in [0.25, 0.3) is 5.91 Å². The van der Waals surface area contributed by atoms with E-state index < -0.39 is 12.1 Å². The number of halogens is 1. The lowest BCUT2D eigenvalue weighted by molar-refractivity contribution is -0.125. The summed E-state index contributed by atoms with van der Waals surface area (Å²) in [5.74, 6) is -0.147. The Bertz CT molecular complexity index is 1470. The first-order valence-electron chi connectivity index (χ1n) is 12.4. The molecule has 0 saturated carbocycles. The molecule has 0 aliphatic carbocycles. The third kappa shape index (κ3) is 5.63. The van der Waals surface area contributed by atoms with Crippen LogP contribution in [-0.2, 0) is 4.79 Å². The van der Waals surface area contributed by atoms with E-state index in [1.165, 1.54) is 0 Å². The number of hydrogen-bond donors (Lipinski definition) is 3. The predicted molar refractivity (Wildman–Crippen MR) is 153 cm³/mol. The molecular formula is C30H28ClN5O2. The lowest BCUT2D eigenvalue weighted by Crippen LogP contribution is -2.71. The van der Waals surface area contributed by atoms with Crippen LogP contribution < -0.4 is 20.9 Å². The zero-order valence-electron chi connectivity index (χ0n) is 20.9. The first-order valence-corrected chi connectivity index (χ1v) is 12.8. The number of urea groups is 1. The SMILES string of the molecule is Cc1ccc(N2C(=O)[C@H](NC(=O)NCCNc3ccnc4cc(Cl)ccc34)[C@@H]2/C=C/c2ccccc2)cc1. The van der Waals surface area contributed by atoms with Gasteiger partial charge in [0.2, 0.25) is 0 Å². The Morgan fingerprint density at radius 2 is 1.82 bits per heavy atom. The van der Waals surface area contributed by atoms with Gasteiger partial charge in [0.05, 0.1) is 11.6 Å². The molecule has 7 nitrogen and oxygen atoms in total. The summed E-state index contributed by atoms with van der Waals surface area (Å²) >= 11 is 6.07. The first kappa shape index (κ1) is 25.3. The second-order valence-corrected chi connectivity index (χ2v) is 9.57. The highest BCUT2D eigenvalue weighted by atomic mass is 35.5. The molecule has 1 aliphatic rings. The average Bonchev–Trinajstić information content (AvgIpc) is 2.93. The number of pyridine rings is 1. The van der Waals surface area contributed by atoms with Crippen molar-refractivity contribution in [3.05, 3.63) is 107 Å². The van der Waals surface area contributed by atoms with E-state index in [2.05, 4.69) is 20.9 Å². The number of rotatable bonds is 8. The highest BCUT2D eigenvalue weighted by Crippen LogP contribution is 2.30. The summed E-state index contributed by atoms with van der Waals surface area (Å²) in [6.45, 7) is 2.88. The lowest BCUT2D eigenvalue weighted by atomic mass is 9.92. The van der Waals surface area contributed by atoms with Crippen LogP contribution in [0, 0.1) is 6.92 Å². The van der Waals surface area contributed by atoms with Crippen molar-refractivity contribution >= 4 is 51.9 Å². The Balaban J connectivity index is 1.20. The molecule has 192 valence electrons. The Kier molecular flexibility index (Phi) is 7.56.